The van der Waals surface area contributed by atoms with E-state index in [1.54, 1.807) is 9.36 Å². The number of amides is 1. The summed E-state index contributed by atoms with van der Waals surface area (Å²) in [5.41, 5.74) is 7.30. The summed E-state index contributed by atoms with van der Waals surface area (Å²) in [4.78, 5) is 15.6. The van der Waals surface area contributed by atoms with E-state index in [0.29, 0.717) is 12.2 Å². The standard InChI is InChI=1S/C16H18N6O/c1-21-11-12(10-18-21)7-8-16-19-15(9-14(17)23)20-22(16)13-5-3-2-4-6-13/h2-6,10-11H,7-9H2,1H3,(H2,17,23). The van der Waals surface area contributed by atoms with Gasteiger partial charge in [-0.25, -0.2) is 9.67 Å². The Bertz CT molecular complexity index is 805. The number of para-hydroxylation sites is 1. The van der Waals surface area contributed by atoms with Gasteiger partial charge in [0.05, 0.1) is 18.3 Å². The van der Waals surface area contributed by atoms with Gasteiger partial charge in [-0.15, -0.1) is 0 Å². The Labute approximate surface area is 133 Å². The third-order valence-electron chi connectivity index (χ3n) is 3.45. The van der Waals surface area contributed by atoms with Gasteiger partial charge in [0.25, 0.3) is 0 Å². The van der Waals surface area contributed by atoms with E-state index in [1.807, 2.05) is 49.8 Å². The molecule has 7 heteroatoms. The molecule has 0 aliphatic heterocycles. The van der Waals surface area contributed by atoms with Gasteiger partial charge in [-0.2, -0.15) is 10.2 Å². The van der Waals surface area contributed by atoms with Gasteiger partial charge in [-0.05, 0) is 24.1 Å². The third-order valence-corrected chi connectivity index (χ3v) is 3.45. The van der Waals surface area contributed by atoms with Gasteiger partial charge in [-0.1, -0.05) is 18.2 Å². The molecule has 1 aromatic carbocycles. The predicted octanol–water partition coefficient (Wildman–Crippen LogP) is 0.814. The molecular formula is C16H18N6O. The monoisotopic (exact) mass is 310 g/mol. The molecule has 0 aliphatic rings. The van der Waals surface area contributed by atoms with Crippen molar-refractivity contribution in [1.82, 2.24) is 24.5 Å². The lowest BCUT2D eigenvalue weighted by Crippen LogP contribution is -2.14. The van der Waals surface area contributed by atoms with Crippen LogP contribution in [0.3, 0.4) is 0 Å². The van der Waals surface area contributed by atoms with E-state index in [2.05, 4.69) is 15.2 Å². The van der Waals surface area contributed by atoms with E-state index in [1.165, 1.54) is 0 Å². The second-order valence-electron chi connectivity index (χ2n) is 5.36. The molecule has 0 atom stereocenters. The Kier molecular flexibility index (Phi) is 4.18. The van der Waals surface area contributed by atoms with Crippen LogP contribution in [0.15, 0.2) is 42.7 Å². The first kappa shape index (κ1) is 15.0. The van der Waals surface area contributed by atoms with E-state index >= 15 is 0 Å². The summed E-state index contributed by atoms with van der Waals surface area (Å²) in [5.74, 6) is 0.813. The SMILES string of the molecule is Cn1cc(CCc2nc(CC(N)=O)nn2-c2ccccc2)cn1. The van der Waals surface area contributed by atoms with Crippen molar-refractivity contribution in [2.24, 2.45) is 12.8 Å². The minimum atomic E-state index is -0.436. The summed E-state index contributed by atoms with van der Waals surface area (Å²) in [6, 6.07) is 9.73. The molecule has 0 radical (unpaired) electrons. The van der Waals surface area contributed by atoms with Crippen molar-refractivity contribution in [3.63, 3.8) is 0 Å². The average Bonchev–Trinajstić information content (AvgIpc) is 3.11. The second-order valence-corrected chi connectivity index (χ2v) is 5.36. The van der Waals surface area contributed by atoms with Crippen molar-refractivity contribution in [3.05, 3.63) is 59.9 Å². The highest BCUT2D eigenvalue weighted by Gasteiger charge is 2.13. The highest BCUT2D eigenvalue weighted by atomic mass is 16.1. The fourth-order valence-electron chi connectivity index (χ4n) is 2.42. The number of rotatable bonds is 6. The molecule has 0 saturated carbocycles. The minimum absolute atomic E-state index is 0.0414. The zero-order chi connectivity index (χ0) is 16.2. The Morgan fingerprint density at radius 2 is 2.00 bits per heavy atom. The molecule has 7 nitrogen and oxygen atoms in total. The molecule has 118 valence electrons. The molecule has 0 saturated heterocycles. The summed E-state index contributed by atoms with van der Waals surface area (Å²) in [7, 11) is 1.89. The molecule has 3 aromatic rings. The van der Waals surface area contributed by atoms with E-state index in [0.717, 1.165) is 23.5 Å². The van der Waals surface area contributed by atoms with Gasteiger partial charge in [0.2, 0.25) is 5.91 Å². The largest absolute Gasteiger partial charge is 0.369 e. The van der Waals surface area contributed by atoms with Gasteiger partial charge in [0.1, 0.15) is 5.82 Å². The van der Waals surface area contributed by atoms with Crippen molar-refractivity contribution in [2.75, 3.05) is 0 Å². The molecular weight excluding hydrogens is 292 g/mol. The van der Waals surface area contributed by atoms with Crippen LogP contribution < -0.4 is 5.73 Å². The van der Waals surface area contributed by atoms with Crippen LogP contribution in [-0.2, 0) is 31.1 Å². The smallest absolute Gasteiger partial charge is 0.225 e. The van der Waals surface area contributed by atoms with Gasteiger partial charge in [0, 0.05) is 19.7 Å². The van der Waals surface area contributed by atoms with Crippen LogP contribution in [0.2, 0.25) is 0 Å². The van der Waals surface area contributed by atoms with E-state index < -0.39 is 5.91 Å². The highest BCUT2D eigenvalue weighted by molar-refractivity contribution is 5.75. The number of hydrogen-bond acceptors (Lipinski definition) is 4. The Balaban J connectivity index is 1.87. The summed E-state index contributed by atoms with van der Waals surface area (Å²) in [6.07, 6.45) is 5.36. The lowest BCUT2D eigenvalue weighted by atomic mass is 10.2. The molecule has 1 amide bonds. The topological polar surface area (TPSA) is 91.6 Å². The lowest BCUT2D eigenvalue weighted by Gasteiger charge is -2.04. The first-order valence-electron chi connectivity index (χ1n) is 7.38. The van der Waals surface area contributed by atoms with Crippen LogP contribution in [0.5, 0.6) is 0 Å². The summed E-state index contributed by atoms with van der Waals surface area (Å²) < 4.78 is 3.55. The van der Waals surface area contributed by atoms with Crippen molar-refractivity contribution in [3.8, 4) is 5.69 Å². The number of nitrogens with two attached hydrogens (primary N) is 1. The van der Waals surface area contributed by atoms with Crippen LogP contribution in [0.1, 0.15) is 17.2 Å². The fourth-order valence-corrected chi connectivity index (χ4v) is 2.42. The van der Waals surface area contributed by atoms with Crippen LogP contribution in [-0.4, -0.2) is 30.5 Å². The normalized spacial score (nSPS) is 10.8. The van der Waals surface area contributed by atoms with Crippen LogP contribution >= 0.6 is 0 Å². The van der Waals surface area contributed by atoms with Crippen LogP contribution in [0.25, 0.3) is 5.69 Å². The van der Waals surface area contributed by atoms with Crippen LogP contribution in [0, 0.1) is 0 Å². The zero-order valence-electron chi connectivity index (χ0n) is 12.9. The molecule has 2 heterocycles. The minimum Gasteiger partial charge on any atom is -0.369 e. The van der Waals surface area contributed by atoms with E-state index in [4.69, 9.17) is 5.73 Å². The lowest BCUT2D eigenvalue weighted by molar-refractivity contribution is -0.117. The summed E-state index contributed by atoms with van der Waals surface area (Å²) >= 11 is 0. The number of aryl methyl sites for hydroxylation is 3. The molecule has 2 N–H and O–H groups in total. The molecule has 0 unspecified atom stereocenters. The maximum Gasteiger partial charge on any atom is 0.225 e. The predicted molar refractivity (Wildman–Crippen MR) is 84.9 cm³/mol. The van der Waals surface area contributed by atoms with Gasteiger partial charge in [-0.3, -0.25) is 9.48 Å². The molecule has 0 bridgehead atoms. The van der Waals surface area contributed by atoms with E-state index in [-0.39, 0.29) is 6.42 Å². The fraction of sp³-hybridized carbons (Fsp3) is 0.250. The van der Waals surface area contributed by atoms with Gasteiger partial charge < -0.3 is 5.73 Å². The van der Waals surface area contributed by atoms with E-state index in [9.17, 15) is 4.79 Å². The van der Waals surface area contributed by atoms with Gasteiger partial charge >= 0.3 is 0 Å². The maximum absolute atomic E-state index is 11.1. The molecule has 0 spiro atoms. The number of nitrogens with zero attached hydrogens (tertiary/aromatic N) is 5. The average molecular weight is 310 g/mol. The first-order chi connectivity index (χ1) is 11.1. The molecule has 0 fully saturated rings. The van der Waals surface area contributed by atoms with Gasteiger partial charge in [0.15, 0.2) is 5.82 Å². The Morgan fingerprint density at radius 1 is 1.22 bits per heavy atom. The third kappa shape index (κ3) is 3.63. The van der Waals surface area contributed by atoms with Crippen molar-refractivity contribution in [2.45, 2.75) is 19.3 Å². The highest BCUT2D eigenvalue weighted by Crippen LogP contribution is 2.12. The maximum atomic E-state index is 11.1. The Morgan fingerprint density at radius 3 is 2.65 bits per heavy atom. The molecule has 0 aliphatic carbocycles. The van der Waals surface area contributed by atoms with Crippen LogP contribution in [0.4, 0.5) is 0 Å². The number of carbonyl (C=O) groups excluding carboxylic acids is 1. The second kappa shape index (κ2) is 6.43. The number of hydrogen-bond donors (Lipinski definition) is 1. The summed E-state index contributed by atoms with van der Waals surface area (Å²) in [6.45, 7) is 0. The summed E-state index contributed by atoms with van der Waals surface area (Å²) in [5, 5.41) is 8.59. The van der Waals surface area contributed by atoms with Crippen molar-refractivity contribution in [1.29, 1.82) is 0 Å². The number of benzene rings is 1. The number of aromatic nitrogens is 5. The van der Waals surface area contributed by atoms with Crippen molar-refractivity contribution >= 4 is 5.91 Å². The molecule has 23 heavy (non-hydrogen) atoms. The zero-order valence-corrected chi connectivity index (χ0v) is 12.9. The Hall–Kier alpha value is -2.96. The number of primary amides is 1. The quantitative estimate of drug-likeness (QED) is 0.729. The first-order valence-corrected chi connectivity index (χ1v) is 7.38. The number of carbonyl (C=O) groups is 1. The van der Waals surface area contributed by atoms with Crippen molar-refractivity contribution < 1.29 is 4.79 Å². The molecule has 3 rings (SSSR count). The molecule has 2 aromatic heterocycles.